The van der Waals surface area contributed by atoms with Gasteiger partial charge in [-0.1, -0.05) is 13.8 Å². The highest BCUT2D eigenvalue weighted by atomic mass is 32.2. The van der Waals surface area contributed by atoms with E-state index >= 15 is 0 Å². The van der Waals surface area contributed by atoms with E-state index in [9.17, 15) is 21.2 Å². The first-order valence-corrected chi connectivity index (χ1v) is 9.83. The lowest BCUT2D eigenvalue weighted by molar-refractivity contribution is 0.479. The van der Waals surface area contributed by atoms with Crippen LogP contribution in [0.5, 0.6) is 0 Å². The van der Waals surface area contributed by atoms with Gasteiger partial charge < -0.3 is 0 Å². The summed E-state index contributed by atoms with van der Waals surface area (Å²) in [6, 6.07) is 2.35. The van der Waals surface area contributed by atoms with Crippen molar-refractivity contribution < 1.29 is 21.2 Å². The largest absolute Gasteiger partial charge is 0.243 e. The van der Waals surface area contributed by atoms with Crippen LogP contribution in [-0.2, 0) is 19.9 Å². The Hall–Kier alpha value is -0.990. The van der Waals surface area contributed by atoms with Crippen molar-refractivity contribution in [2.75, 3.05) is 6.26 Å². The maximum atomic E-state index is 13.8. The lowest BCUT2D eigenvalue weighted by Crippen LogP contribution is -2.34. The molecule has 1 atom stereocenters. The minimum absolute atomic E-state index is 0.235. The zero-order chi connectivity index (χ0) is 16.4. The van der Waals surface area contributed by atoms with Crippen LogP contribution in [0.3, 0.4) is 0 Å². The van der Waals surface area contributed by atoms with E-state index in [0.717, 1.165) is 24.5 Å². The number of sulfone groups is 1. The fourth-order valence-corrected chi connectivity index (χ4v) is 4.09. The highest BCUT2D eigenvalue weighted by Crippen LogP contribution is 2.20. The molecule has 0 heterocycles. The summed E-state index contributed by atoms with van der Waals surface area (Å²) in [5.74, 6) is -0.707. The molecule has 1 aromatic rings. The number of sulfonamides is 1. The fourth-order valence-electron chi connectivity index (χ4n) is 2.00. The third-order valence-electron chi connectivity index (χ3n) is 2.80. The molecule has 8 heteroatoms. The van der Waals surface area contributed by atoms with E-state index in [1.165, 1.54) is 0 Å². The average molecular weight is 337 g/mol. The van der Waals surface area contributed by atoms with Crippen LogP contribution in [0.4, 0.5) is 4.39 Å². The van der Waals surface area contributed by atoms with Gasteiger partial charge in [-0.25, -0.2) is 25.9 Å². The second-order valence-corrected chi connectivity index (χ2v) is 9.21. The molecule has 0 bridgehead atoms. The quantitative estimate of drug-likeness (QED) is 0.805. The standard InChI is InChI=1S/C13H20FNO4S2/c1-9(2)7-10(3)15-21(18,19)13-8-11(20(4,16)17)5-6-12(13)14/h5-6,8-10,15H,7H2,1-4H3. The number of hydrogen-bond acceptors (Lipinski definition) is 4. The van der Waals surface area contributed by atoms with Crippen molar-refractivity contribution in [2.24, 2.45) is 5.92 Å². The number of benzene rings is 1. The van der Waals surface area contributed by atoms with E-state index in [4.69, 9.17) is 0 Å². The normalized spacial score (nSPS) is 14.4. The van der Waals surface area contributed by atoms with Crippen LogP contribution in [0, 0.1) is 11.7 Å². The van der Waals surface area contributed by atoms with Crippen molar-refractivity contribution in [3.63, 3.8) is 0 Å². The molecule has 0 saturated heterocycles. The molecular formula is C13H20FNO4S2. The molecule has 1 unspecified atom stereocenters. The van der Waals surface area contributed by atoms with Gasteiger partial charge in [0.2, 0.25) is 10.0 Å². The van der Waals surface area contributed by atoms with Crippen LogP contribution in [0.1, 0.15) is 27.2 Å². The molecule has 1 rings (SSSR count). The third-order valence-corrected chi connectivity index (χ3v) is 5.52. The Labute approximate surface area is 125 Å². The molecule has 1 aromatic carbocycles. The summed E-state index contributed by atoms with van der Waals surface area (Å²) in [6.07, 6.45) is 1.53. The lowest BCUT2D eigenvalue weighted by Gasteiger charge is -2.16. The smallest absolute Gasteiger partial charge is 0.224 e. The van der Waals surface area contributed by atoms with Crippen LogP contribution in [0.2, 0.25) is 0 Å². The maximum absolute atomic E-state index is 13.8. The topological polar surface area (TPSA) is 80.3 Å². The van der Waals surface area contributed by atoms with Gasteiger partial charge in [0.05, 0.1) is 4.90 Å². The Kier molecular flexibility index (Phi) is 5.51. The molecular weight excluding hydrogens is 317 g/mol. The highest BCUT2D eigenvalue weighted by molar-refractivity contribution is 7.91. The summed E-state index contributed by atoms with van der Waals surface area (Å²) in [5.41, 5.74) is 0. The van der Waals surface area contributed by atoms with Crippen LogP contribution in [-0.4, -0.2) is 29.1 Å². The first kappa shape index (κ1) is 18.1. The van der Waals surface area contributed by atoms with Gasteiger partial charge in [-0.05, 0) is 37.5 Å². The van der Waals surface area contributed by atoms with Crippen molar-refractivity contribution in [1.29, 1.82) is 0 Å². The molecule has 0 aliphatic carbocycles. The van der Waals surface area contributed by atoms with E-state index in [2.05, 4.69) is 4.72 Å². The molecule has 0 saturated carbocycles. The molecule has 0 aromatic heterocycles. The number of rotatable bonds is 6. The molecule has 0 fully saturated rings. The molecule has 0 aliphatic heterocycles. The molecule has 21 heavy (non-hydrogen) atoms. The molecule has 0 radical (unpaired) electrons. The van der Waals surface area contributed by atoms with Gasteiger partial charge in [0.1, 0.15) is 10.7 Å². The Morgan fingerprint density at radius 1 is 1.14 bits per heavy atom. The number of nitrogens with one attached hydrogen (secondary N) is 1. The molecule has 120 valence electrons. The predicted molar refractivity (Wildman–Crippen MR) is 78.7 cm³/mol. The summed E-state index contributed by atoms with van der Waals surface area (Å²) in [6.45, 7) is 5.56. The molecule has 0 spiro atoms. The van der Waals surface area contributed by atoms with E-state index in [1.807, 2.05) is 13.8 Å². The van der Waals surface area contributed by atoms with Crippen molar-refractivity contribution in [3.05, 3.63) is 24.0 Å². The van der Waals surface area contributed by atoms with Gasteiger partial charge in [-0.15, -0.1) is 0 Å². The first-order valence-electron chi connectivity index (χ1n) is 6.45. The van der Waals surface area contributed by atoms with E-state index in [1.54, 1.807) is 6.92 Å². The van der Waals surface area contributed by atoms with Crippen molar-refractivity contribution in [2.45, 2.75) is 43.0 Å². The number of hydrogen-bond donors (Lipinski definition) is 1. The summed E-state index contributed by atoms with van der Waals surface area (Å²) >= 11 is 0. The minimum atomic E-state index is -4.11. The van der Waals surface area contributed by atoms with Crippen LogP contribution >= 0.6 is 0 Å². The monoisotopic (exact) mass is 337 g/mol. The lowest BCUT2D eigenvalue weighted by atomic mass is 10.1. The second kappa shape index (κ2) is 6.41. The molecule has 0 amide bonds. The van der Waals surface area contributed by atoms with Crippen molar-refractivity contribution >= 4 is 19.9 Å². The van der Waals surface area contributed by atoms with Gasteiger partial charge in [-0.2, -0.15) is 0 Å². The van der Waals surface area contributed by atoms with Crippen LogP contribution in [0.25, 0.3) is 0 Å². The minimum Gasteiger partial charge on any atom is -0.224 e. The zero-order valence-corrected chi connectivity index (χ0v) is 14.1. The fraction of sp³-hybridized carbons (Fsp3) is 0.538. The second-order valence-electron chi connectivity index (χ2n) is 5.52. The third kappa shape index (κ3) is 5.05. The molecule has 1 N–H and O–H groups in total. The van der Waals surface area contributed by atoms with E-state index in [-0.39, 0.29) is 16.9 Å². The Bertz CT molecular complexity index is 712. The van der Waals surface area contributed by atoms with Crippen molar-refractivity contribution in [3.8, 4) is 0 Å². The summed E-state index contributed by atoms with van der Waals surface area (Å²) in [4.78, 5) is -0.887. The zero-order valence-electron chi connectivity index (χ0n) is 12.4. The summed E-state index contributed by atoms with van der Waals surface area (Å²) < 4.78 is 63.4. The summed E-state index contributed by atoms with van der Waals surface area (Å²) in [5, 5.41) is 0. The molecule has 5 nitrogen and oxygen atoms in total. The Balaban J connectivity index is 3.19. The van der Waals surface area contributed by atoms with E-state index < -0.39 is 30.6 Å². The highest BCUT2D eigenvalue weighted by Gasteiger charge is 2.23. The van der Waals surface area contributed by atoms with Gasteiger partial charge >= 0.3 is 0 Å². The van der Waals surface area contributed by atoms with Gasteiger partial charge in [0.25, 0.3) is 0 Å². The summed E-state index contributed by atoms with van der Waals surface area (Å²) in [7, 11) is -7.72. The maximum Gasteiger partial charge on any atom is 0.243 e. The SMILES string of the molecule is CC(C)CC(C)NS(=O)(=O)c1cc(S(C)(=O)=O)ccc1F. The van der Waals surface area contributed by atoms with E-state index in [0.29, 0.717) is 6.42 Å². The van der Waals surface area contributed by atoms with Gasteiger partial charge in [0.15, 0.2) is 9.84 Å². The van der Waals surface area contributed by atoms with Crippen molar-refractivity contribution in [1.82, 2.24) is 4.72 Å². The average Bonchev–Trinajstić information content (AvgIpc) is 2.25. The Morgan fingerprint density at radius 2 is 1.71 bits per heavy atom. The molecule has 0 aliphatic rings. The van der Waals surface area contributed by atoms with Crippen LogP contribution < -0.4 is 4.72 Å². The Morgan fingerprint density at radius 3 is 2.19 bits per heavy atom. The van der Waals surface area contributed by atoms with Gasteiger partial charge in [0, 0.05) is 12.3 Å². The predicted octanol–water partition coefficient (Wildman–Crippen LogP) is 1.94. The van der Waals surface area contributed by atoms with Gasteiger partial charge in [-0.3, -0.25) is 0 Å². The number of halogens is 1. The first-order chi connectivity index (χ1) is 9.43. The van der Waals surface area contributed by atoms with Crippen LogP contribution in [0.15, 0.2) is 28.0 Å².